The minimum Gasteiger partial charge on any atom is -0.669 e. The average molecular weight is 1050 g/mol. The van der Waals surface area contributed by atoms with Gasteiger partial charge in [-0.3, -0.25) is 11.1 Å². The minimum atomic E-state index is 0. The van der Waals surface area contributed by atoms with Crippen molar-refractivity contribution in [1.82, 2.24) is 9.55 Å². The van der Waals surface area contributed by atoms with Crippen molar-refractivity contribution in [1.29, 1.82) is 0 Å². The van der Waals surface area contributed by atoms with Gasteiger partial charge in [0.25, 0.3) is 6.20 Å². The molecule has 0 radical (unpaired) electrons. The largest absolute Gasteiger partial charge is 4.00 e. The fourth-order valence-corrected chi connectivity index (χ4v) is 5.28. The zero-order valence-corrected chi connectivity index (χ0v) is 32.7. The molecule has 5 aromatic carbocycles. The molecule has 7 aromatic rings. The monoisotopic (exact) mass is 1050 g/mol. The second-order valence-electron chi connectivity index (χ2n) is 11.1. The van der Waals surface area contributed by atoms with E-state index < -0.39 is 0 Å². The van der Waals surface area contributed by atoms with Crippen molar-refractivity contribution in [3.63, 3.8) is 0 Å². The minimum absolute atomic E-state index is 0. The third-order valence-electron chi connectivity index (χ3n) is 7.58. The Labute approximate surface area is 338 Å². The van der Waals surface area contributed by atoms with Crippen LogP contribution in [0.15, 0.2) is 152 Å². The first-order valence-electron chi connectivity index (χ1n) is 16.0. The molecule has 53 heavy (non-hydrogen) atoms. The first-order chi connectivity index (χ1) is 25.1. The maximum absolute atomic E-state index is 6.57. The summed E-state index contributed by atoms with van der Waals surface area (Å²) in [7, 11) is 1.92. The summed E-state index contributed by atoms with van der Waals surface area (Å²) in [5.74, 6) is 2.33. The molecule has 0 fully saturated rings. The van der Waals surface area contributed by atoms with Gasteiger partial charge in [-0.05, 0) is 12.1 Å². The van der Waals surface area contributed by atoms with Crippen LogP contribution >= 0.6 is 0 Å². The molecule has 3 heterocycles. The predicted octanol–water partition coefficient (Wildman–Crippen LogP) is 9.49. The Balaban J connectivity index is 0.000000542. The van der Waals surface area contributed by atoms with Crippen LogP contribution < -0.4 is 9.47 Å². The number of benzene rings is 5. The van der Waals surface area contributed by atoms with E-state index in [2.05, 4.69) is 54.5 Å². The molecule has 0 saturated carbocycles. The molecule has 0 amide bonds. The van der Waals surface area contributed by atoms with E-state index in [0.717, 1.165) is 39.2 Å². The Morgan fingerprint density at radius 2 is 1.34 bits per heavy atom. The van der Waals surface area contributed by atoms with Crippen molar-refractivity contribution < 1.29 is 60.8 Å². The molecule has 0 bridgehead atoms. The summed E-state index contributed by atoms with van der Waals surface area (Å²) < 4.78 is 17.5. The van der Waals surface area contributed by atoms with Crippen molar-refractivity contribution >= 4 is 11.7 Å². The summed E-state index contributed by atoms with van der Waals surface area (Å²) in [5, 5.41) is 0. The molecule has 0 saturated heterocycles. The van der Waals surface area contributed by atoms with Gasteiger partial charge in [-0.2, -0.15) is 42.0 Å². The SMILES string of the molecule is C[N+]1=C=[N+](c2[c-]c(Oc3[c-]c(-c4nc[c-]c(-c5[c-]c(Oc6[c-]cccc6)ccc5)c4-c4ccccc4)ccc3)ccc2)C=C1.[C-]#Cn1cccc1.[Pt+2].[Pt+4]. The van der Waals surface area contributed by atoms with Gasteiger partial charge in [0.1, 0.15) is 5.69 Å². The van der Waals surface area contributed by atoms with Crippen molar-refractivity contribution in [2.75, 3.05) is 7.05 Å². The Morgan fingerprint density at radius 3 is 2.00 bits per heavy atom. The van der Waals surface area contributed by atoms with Gasteiger partial charge < -0.3 is 25.4 Å². The van der Waals surface area contributed by atoms with E-state index in [-0.39, 0.29) is 42.1 Å². The molecular weight excluding hydrogens is 1020 g/mol. The number of hydrogen-bond donors (Lipinski definition) is 0. The van der Waals surface area contributed by atoms with E-state index in [9.17, 15) is 0 Å². The van der Waals surface area contributed by atoms with E-state index in [1.807, 2.05) is 138 Å². The first kappa shape index (κ1) is 38.4. The maximum Gasteiger partial charge on any atom is 4.00 e. The van der Waals surface area contributed by atoms with Crippen molar-refractivity contribution in [2.45, 2.75) is 0 Å². The molecule has 2 aromatic heterocycles. The van der Waals surface area contributed by atoms with Gasteiger partial charge in [-0.25, -0.2) is 18.2 Å². The molecular formula is C45H28N4O2Pt2+2. The van der Waals surface area contributed by atoms with Gasteiger partial charge in [0.15, 0.2) is 7.05 Å². The molecule has 8 heteroatoms. The fraction of sp³-hybridized carbons (Fsp3) is 0.0222. The first-order valence-corrected chi connectivity index (χ1v) is 16.0. The summed E-state index contributed by atoms with van der Waals surface area (Å²) in [6.07, 6.45) is 15.6. The van der Waals surface area contributed by atoms with Crippen LogP contribution in [0.4, 0.5) is 5.69 Å². The zero-order valence-electron chi connectivity index (χ0n) is 28.2. The van der Waals surface area contributed by atoms with Crippen LogP contribution in [-0.2, 0) is 42.1 Å². The van der Waals surface area contributed by atoms with E-state index in [1.165, 1.54) is 0 Å². The normalized spacial score (nSPS) is 11.0. The smallest absolute Gasteiger partial charge is 0.669 e. The van der Waals surface area contributed by atoms with Gasteiger partial charge in [-0.15, -0.1) is 48.0 Å². The van der Waals surface area contributed by atoms with Gasteiger partial charge >= 0.3 is 48.1 Å². The van der Waals surface area contributed by atoms with Gasteiger partial charge in [0.2, 0.25) is 6.20 Å². The van der Waals surface area contributed by atoms with Crippen LogP contribution in [-0.4, -0.2) is 31.8 Å². The number of para-hydroxylation sites is 1. The molecule has 6 nitrogen and oxygen atoms in total. The Morgan fingerprint density at radius 1 is 0.698 bits per heavy atom. The fourth-order valence-electron chi connectivity index (χ4n) is 5.28. The molecule has 0 aliphatic carbocycles. The third-order valence-corrected chi connectivity index (χ3v) is 7.58. The summed E-state index contributed by atoms with van der Waals surface area (Å²) in [6.45, 7) is 0. The predicted molar refractivity (Wildman–Crippen MR) is 195 cm³/mol. The molecule has 0 unspecified atom stereocenters. The topological polar surface area (TPSA) is 42.3 Å². The van der Waals surface area contributed by atoms with E-state index in [1.54, 1.807) is 23.2 Å². The molecule has 1 aliphatic rings. The van der Waals surface area contributed by atoms with Crippen LogP contribution in [0.1, 0.15) is 0 Å². The standard InChI is InChI=1S/C39H24N3O2.C6H4N.2Pt/c1-41-23-24-42(28-41)32-15-10-20-36(27-32)44-35-19-9-14-31(26-35)39-38(29-11-4-2-5-12-29)37(21-22-40-39)30-13-8-18-34(25-30)43-33-16-6-3-7-17-33;1-2-7-5-3-4-6-7;;/h2-16,18-20,22-24H,1H3;3-6H;;/q-3;-1;+2;+4. The van der Waals surface area contributed by atoms with Crippen LogP contribution in [0, 0.1) is 42.8 Å². The van der Waals surface area contributed by atoms with Gasteiger partial charge in [0, 0.05) is 35.4 Å². The number of aromatic nitrogens is 2. The zero-order chi connectivity index (χ0) is 34.8. The van der Waals surface area contributed by atoms with Gasteiger partial charge in [-0.1, -0.05) is 75.1 Å². The van der Waals surface area contributed by atoms with Crippen LogP contribution in [0.3, 0.4) is 0 Å². The van der Waals surface area contributed by atoms with E-state index >= 15 is 0 Å². The number of nitrogens with zero attached hydrogens (tertiary/aromatic N) is 4. The van der Waals surface area contributed by atoms with Gasteiger partial charge in [0.05, 0.1) is 0 Å². The molecule has 258 valence electrons. The number of rotatable bonds is 8. The van der Waals surface area contributed by atoms with E-state index in [0.29, 0.717) is 23.0 Å². The summed E-state index contributed by atoms with van der Waals surface area (Å²) >= 11 is 0. The molecule has 0 atom stereocenters. The Hall–Kier alpha value is -5.81. The Kier molecular flexibility index (Phi) is 13.5. The average Bonchev–Trinajstić information content (AvgIpc) is 3.88. The second-order valence-corrected chi connectivity index (χ2v) is 11.1. The molecule has 8 rings (SSSR count). The maximum atomic E-state index is 6.57. The quantitative estimate of drug-likeness (QED) is 0.0867. The van der Waals surface area contributed by atoms with E-state index in [4.69, 9.17) is 20.9 Å². The number of hydrogen-bond acceptors (Lipinski definition) is 3. The summed E-state index contributed by atoms with van der Waals surface area (Å²) in [4.78, 5) is 4.80. The molecule has 0 spiro atoms. The number of ether oxygens (including phenoxy) is 2. The van der Waals surface area contributed by atoms with Crippen LogP contribution in [0.2, 0.25) is 0 Å². The van der Waals surface area contributed by atoms with Crippen LogP contribution in [0.25, 0.3) is 33.5 Å². The number of pyridine rings is 1. The third kappa shape index (κ3) is 9.75. The summed E-state index contributed by atoms with van der Waals surface area (Å²) in [5.41, 5.74) is 5.93. The van der Waals surface area contributed by atoms with Crippen LogP contribution in [0.5, 0.6) is 23.0 Å². The molecule has 0 N–H and O–H groups in total. The summed E-state index contributed by atoms with van der Waals surface area (Å²) in [6, 6.07) is 60.7. The Bertz CT molecular complexity index is 2430. The second kappa shape index (κ2) is 18.6. The van der Waals surface area contributed by atoms with Crippen molar-refractivity contribution in [2.24, 2.45) is 0 Å². The van der Waals surface area contributed by atoms with Crippen molar-refractivity contribution in [3.05, 3.63) is 189 Å². The molecule has 1 aliphatic heterocycles. The van der Waals surface area contributed by atoms with Crippen molar-refractivity contribution in [3.8, 4) is 62.6 Å².